The predicted octanol–water partition coefficient (Wildman–Crippen LogP) is 4.60. The van der Waals surface area contributed by atoms with Gasteiger partial charge in [-0.3, -0.25) is 0 Å². The molecule has 0 saturated heterocycles. The minimum atomic E-state index is 0.739. The van der Waals surface area contributed by atoms with Crippen molar-refractivity contribution in [3.63, 3.8) is 0 Å². The maximum atomic E-state index is 3.47. The van der Waals surface area contributed by atoms with E-state index in [0.717, 1.165) is 31.3 Å². The number of nitrogens with one attached hydrogen (secondary N) is 1. The lowest BCUT2D eigenvalue weighted by molar-refractivity contribution is 0.420. The maximum absolute atomic E-state index is 3.47. The summed E-state index contributed by atoms with van der Waals surface area (Å²) in [6, 6.07) is 9.05. The molecule has 0 heterocycles. The average Bonchev–Trinajstić information content (AvgIpc) is 2.32. The van der Waals surface area contributed by atoms with Gasteiger partial charge in [0.1, 0.15) is 0 Å². The van der Waals surface area contributed by atoms with Crippen LogP contribution in [0.2, 0.25) is 0 Å². The number of rotatable bonds is 7. The second kappa shape index (κ2) is 7.49. The largest absolute Gasteiger partial charge is 0.316 e. The van der Waals surface area contributed by atoms with Crippen LogP contribution in [0, 0.1) is 5.92 Å². The fraction of sp³-hybridized carbons (Fsp3) is 0.556. The van der Waals surface area contributed by atoms with Crippen molar-refractivity contribution in [1.82, 2.24) is 5.32 Å². The summed E-state index contributed by atoms with van der Waals surface area (Å²) >= 11 is 0. The third-order valence-corrected chi connectivity index (χ3v) is 3.84. The van der Waals surface area contributed by atoms with Gasteiger partial charge in [0, 0.05) is 0 Å². The Bertz CT molecular complexity index is 402. The van der Waals surface area contributed by atoms with Crippen molar-refractivity contribution in [3.05, 3.63) is 41.5 Å². The Morgan fingerprint density at radius 3 is 2.84 bits per heavy atom. The molecule has 1 heteroatoms. The molecule has 104 valence electrons. The molecular formula is C18H27N. The molecule has 0 unspecified atom stereocenters. The van der Waals surface area contributed by atoms with Crippen LogP contribution in [0.3, 0.4) is 0 Å². The highest BCUT2D eigenvalue weighted by Crippen LogP contribution is 2.36. The van der Waals surface area contributed by atoms with Crippen molar-refractivity contribution >= 4 is 6.08 Å². The summed E-state index contributed by atoms with van der Waals surface area (Å²) in [6.45, 7) is 6.69. The van der Waals surface area contributed by atoms with Crippen molar-refractivity contribution in [2.24, 2.45) is 5.92 Å². The Morgan fingerprint density at radius 2 is 2.16 bits per heavy atom. The first-order chi connectivity index (χ1) is 9.25. The van der Waals surface area contributed by atoms with Gasteiger partial charge in [-0.25, -0.2) is 0 Å². The molecule has 1 fully saturated rings. The predicted molar refractivity (Wildman–Crippen MR) is 84.4 cm³/mol. The van der Waals surface area contributed by atoms with E-state index in [0.29, 0.717) is 0 Å². The molecule has 0 spiro atoms. The molecule has 1 nitrogen and oxygen atoms in total. The molecule has 1 N–H and O–H groups in total. The van der Waals surface area contributed by atoms with E-state index in [9.17, 15) is 0 Å². The molecule has 2 rings (SSSR count). The van der Waals surface area contributed by atoms with E-state index in [2.05, 4.69) is 55.6 Å². The van der Waals surface area contributed by atoms with Crippen LogP contribution in [0.1, 0.15) is 56.6 Å². The van der Waals surface area contributed by atoms with Crippen molar-refractivity contribution in [2.75, 3.05) is 13.1 Å². The fourth-order valence-electron chi connectivity index (χ4n) is 2.45. The molecule has 1 aliphatic rings. The maximum Gasteiger partial charge on any atom is -0.00140 e. The highest BCUT2D eigenvalue weighted by atomic mass is 14.8. The van der Waals surface area contributed by atoms with E-state index in [1.54, 1.807) is 0 Å². The highest BCUT2D eigenvalue weighted by molar-refractivity contribution is 5.50. The van der Waals surface area contributed by atoms with Gasteiger partial charge in [-0.05, 0) is 55.3 Å². The zero-order valence-electron chi connectivity index (χ0n) is 12.4. The molecule has 0 bridgehead atoms. The third-order valence-electron chi connectivity index (χ3n) is 3.84. The summed E-state index contributed by atoms with van der Waals surface area (Å²) in [5.74, 6) is 1.57. The first kappa shape index (κ1) is 14.3. The molecule has 0 aliphatic heterocycles. The molecule has 1 saturated carbocycles. The van der Waals surface area contributed by atoms with Crippen LogP contribution in [0.4, 0.5) is 0 Å². The van der Waals surface area contributed by atoms with Crippen LogP contribution >= 0.6 is 0 Å². The minimum Gasteiger partial charge on any atom is -0.316 e. The Kier molecular flexibility index (Phi) is 5.65. The first-order valence-electron chi connectivity index (χ1n) is 7.73. The number of hydrogen-bond donors (Lipinski definition) is 1. The fourth-order valence-corrected chi connectivity index (χ4v) is 2.45. The van der Waals surface area contributed by atoms with Crippen molar-refractivity contribution < 1.29 is 0 Å². The monoisotopic (exact) mass is 257 g/mol. The van der Waals surface area contributed by atoms with Gasteiger partial charge in [0.15, 0.2) is 0 Å². The quantitative estimate of drug-likeness (QED) is 0.704. The molecular weight excluding hydrogens is 230 g/mol. The lowest BCUT2D eigenvalue weighted by Crippen LogP contribution is -2.20. The molecule has 1 aliphatic carbocycles. The topological polar surface area (TPSA) is 12.0 Å². The van der Waals surface area contributed by atoms with E-state index in [-0.39, 0.29) is 0 Å². The second-order valence-electron chi connectivity index (χ2n) is 6.09. The molecule has 1 aromatic rings. The molecule has 0 amide bonds. The van der Waals surface area contributed by atoms with Crippen LogP contribution in [0.15, 0.2) is 30.3 Å². The Hall–Kier alpha value is -1.08. The zero-order chi connectivity index (χ0) is 13.5. The summed E-state index contributed by atoms with van der Waals surface area (Å²) in [7, 11) is 0. The van der Waals surface area contributed by atoms with Crippen molar-refractivity contribution in [3.8, 4) is 0 Å². The Balaban J connectivity index is 1.75. The smallest absolute Gasteiger partial charge is 0.00140 e. The van der Waals surface area contributed by atoms with E-state index in [4.69, 9.17) is 0 Å². The molecule has 0 aromatic heterocycles. The summed E-state index contributed by atoms with van der Waals surface area (Å²) in [6.07, 6.45) is 9.83. The molecule has 0 radical (unpaired) electrons. The van der Waals surface area contributed by atoms with Gasteiger partial charge in [-0.1, -0.05) is 56.7 Å². The van der Waals surface area contributed by atoms with Crippen LogP contribution in [-0.4, -0.2) is 13.1 Å². The van der Waals surface area contributed by atoms with E-state index < -0.39 is 0 Å². The second-order valence-corrected chi connectivity index (χ2v) is 6.09. The molecule has 0 atom stereocenters. The van der Waals surface area contributed by atoms with Crippen molar-refractivity contribution in [2.45, 2.75) is 45.4 Å². The lowest BCUT2D eigenvalue weighted by atomic mass is 9.80. The summed E-state index contributed by atoms with van der Waals surface area (Å²) < 4.78 is 0. The van der Waals surface area contributed by atoms with Crippen LogP contribution in [-0.2, 0) is 0 Å². The van der Waals surface area contributed by atoms with E-state index >= 15 is 0 Å². The standard InChI is InChI=1S/C18H27N/c1-15(2)14-19-12-4-3-7-16-8-5-11-18(13-16)17-9-6-10-17/h3,5,7-8,11,13,15,17,19H,4,6,9-10,12,14H2,1-2H3/b7-3+. The normalized spacial score (nSPS) is 16.2. The SMILES string of the molecule is CC(C)CNCC/C=C/c1cccc(C2CCC2)c1. The minimum absolute atomic E-state index is 0.739. The molecule has 1 aromatic carbocycles. The van der Waals surface area contributed by atoms with Gasteiger partial charge in [-0.15, -0.1) is 0 Å². The summed E-state index contributed by atoms with van der Waals surface area (Å²) in [5, 5.41) is 3.47. The van der Waals surface area contributed by atoms with Gasteiger partial charge < -0.3 is 5.32 Å². The Labute approximate surface area is 118 Å². The van der Waals surface area contributed by atoms with Gasteiger partial charge in [0.25, 0.3) is 0 Å². The van der Waals surface area contributed by atoms with Gasteiger partial charge >= 0.3 is 0 Å². The Morgan fingerprint density at radius 1 is 1.32 bits per heavy atom. The van der Waals surface area contributed by atoms with Crippen LogP contribution in [0.5, 0.6) is 0 Å². The first-order valence-corrected chi connectivity index (χ1v) is 7.73. The van der Waals surface area contributed by atoms with Crippen molar-refractivity contribution in [1.29, 1.82) is 0 Å². The van der Waals surface area contributed by atoms with Crippen LogP contribution in [0.25, 0.3) is 6.08 Å². The lowest BCUT2D eigenvalue weighted by Gasteiger charge is -2.25. The van der Waals surface area contributed by atoms with E-state index in [1.165, 1.54) is 30.4 Å². The summed E-state index contributed by atoms with van der Waals surface area (Å²) in [4.78, 5) is 0. The number of hydrogen-bond acceptors (Lipinski definition) is 1. The van der Waals surface area contributed by atoms with Gasteiger partial charge in [0.2, 0.25) is 0 Å². The van der Waals surface area contributed by atoms with Crippen LogP contribution < -0.4 is 5.32 Å². The highest BCUT2D eigenvalue weighted by Gasteiger charge is 2.18. The molecule has 19 heavy (non-hydrogen) atoms. The van der Waals surface area contributed by atoms with Gasteiger partial charge in [0.05, 0.1) is 0 Å². The number of benzene rings is 1. The van der Waals surface area contributed by atoms with Gasteiger partial charge in [-0.2, -0.15) is 0 Å². The average molecular weight is 257 g/mol. The zero-order valence-corrected chi connectivity index (χ0v) is 12.4. The van der Waals surface area contributed by atoms with E-state index in [1.807, 2.05) is 0 Å². The summed E-state index contributed by atoms with van der Waals surface area (Å²) in [5.41, 5.74) is 2.89. The third kappa shape index (κ3) is 4.83.